The minimum absolute atomic E-state index is 0.141. The van der Waals surface area contributed by atoms with Gasteiger partial charge in [-0.05, 0) is 69.2 Å². The van der Waals surface area contributed by atoms with E-state index in [0.29, 0.717) is 65.0 Å². The Kier molecular flexibility index (Phi) is 11.2. The minimum Gasteiger partial charge on any atom is -0.481 e. The second kappa shape index (κ2) is 15.7. The molecule has 0 unspecified atom stereocenters. The van der Waals surface area contributed by atoms with Crippen molar-refractivity contribution in [1.82, 2.24) is 20.6 Å². The van der Waals surface area contributed by atoms with Crippen molar-refractivity contribution in [1.29, 1.82) is 0 Å². The smallest absolute Gasteiger partial charge is 0.220 e. The first kappa shape index (κ1) is 34.9. The number of benzene rings is 2. The Hall–Kier alpha value is -3.98. The Morgan fingerprint density at radius 2 is 1.53 bits per heavy atom. The lowest BCUT2D eigenvalue weighted by Gasteiger charge is -2.17. The van der Waals surface area contributed by atoms with Gasteiger partial charge in [0.15, 0.2) is 0 Å². The maximum Gasteiger partial charge on any atom is 0.220 e. The third-order valence-corrected chi connectivity index (χ3v) is 10.4. The average molecular weight is 702 g/mol. The number of aryl methyl sites for hydroxylation is 1. The van der Waals surface area contributed by atoms with Gasteiger partial charge >= 0.3 is 0 Å². The number of ether oxygens (including phenoxy) is 2. The predicted octanol–water partition coefficient (Wildman–Crippen LogP) is 8.17. The Morgan fingerprint density at radius 3 is 2.16 bits per heavy atom. The van der Waals surface area contributed by atoms with E-state index in [2.05, 4.69) is 23.6 Å². The third-order valence-electron chi connectivity index (χ3n) is 9.64. The molecule has 0 bridgehead atoms. The van der Waals surface area contributed by atoms with Crippen LogP contribution < -0.4 is 20.1 Å². The molecule has 2 aromatic heterocycles. The lowest BCUT2D eigenvalue weighted by atomic mass is 9.96. The highest BCUT2D eigenvalue weighted by Crippen LogP contribution is 2.43. The molecule has 1 saturated heterocycles. The highest BCUT2D eigenvalue weighted by atomic mass is 35.5. The van der Waals surface area contributed by atoms with Gasteiger partial charge in [-0.3, -0.25) is 9.59 Å². The van der Waals surface area contributed by atoms with Crippen molar-refractivity contribution in [2.75, 3.05) is 20.8 Å². The van der Waals surface area contributed by atoms with Crippen LogP contribution in [-0.2, 0) is 22.6 Å². The van der Waals surface area contributed by atoms with Gasteiger partial charge in [0.1, 0.15) is 5.78 Å². The summed E-state index contributed by atoms with van der Waals surface area (Å²) in [6.07, 6.45) is 6.47. The number of nitrogens with one attached hydrogen (secondary N) is 2. The van der Waals surface area contributed by atoms with Crippen LogP contribution in [0.4, 0.5) is 0 Å². The summed E-state index contributed by atoms with van der Waals surface area (Å²) in [5, 5.41) is 7.58. The molecule has 4 aromatic rings. The van der Waals surface area contributed by atoms with Crippen molar-refractivity contribution in [2.24, 2.45) is 5.92 Å². The lowest BCUT2D eigenvalue weighted by Crippen LogP contribution is -2.25. The number of Topliss-reactive ketones (excluding diaryl/α,β-unsaturated/α-hetero) is 1. The van der Waals surface area contributed by atoms with Crippen molar-refractivity contribution < 1.29 is 19.1 Å². The summed E-state index contributed by atoms with van der Waals surface area (Å²) < 4.78 is 11.4. The average Bonchev–Trinajstić information content (AvgIpc) is 3.72. The Balaban J connectivity index is 1.22. The van der Waals surface area contributed by atoms with E-state index in [0.717, 1.165) is 83.3 Å². The second-order valence-electron chi connectivity index (χ2n) is 13.0. The molecular weight excluding hydrogens is 659 g/mol. The number of nitrogens with zero attached hydrogens (tertiary/aromatic N) is 2. The predicted molar refractivity (Wildman–Crippen MR) is 194 cm³/mol. The first-order valence-corrected chi connectivity index (χ1v) is 17.7. The number of halogens is 2. The van der Waals surface area contributed by atoms with E-state index >= 15 is 0 Å². The molecule has 2 aromatic carbocycles. The first-order chi connectivity index (χ1) is 23.7. The highest BCUT2D eigenvalue weighted by molar-refractivity contribution is 6.39. The van der Waals surface area contributed by atoms with Crippen molar-refractivity contribution in [3.05, 3.63) is 81.3 Å². The number of carbonyl (C=O) groups is 2. The molecule has 1 amide bonds. The van der Waals surface area contributed by atoms with Crippen LogP contribution in [0.5, 0.6) is 11.8 Å². The maximum atomic E-state index is 11.6. The maximum absolute atomic E-state index is 11.6. The monoisotopic (exact) mass is 700 g/mol. The fraction of sp³-hybridized carbons (Fsp3) is 0.385. The largest absolute Gasteiger partial charge is 0.481 e. The van der Waals surface area contributed by atoms with Gasteiger partial charge in [0, 0.05) is 65.2 Å². The van der Waals surface area contributed by atoms with Crippen molar-refractivity contribution in [3.63, 3.8) is 0 Å². The lowest BCUT2D eigenvalue weighted by molar-refractivity contribution is -0.119. The summed E-state index contributed by atoms with van der Waals surface area (Å²) in [6, 6.07) is 18.0. The Labute approximate surface area is 297 Å². The molecule has 0 radical (unpaired) electrons. The number of hydrogen-bond acceptors (Lipinski definition) is 7. The van der Waals surface area contributed by atoms with Crippen LogP contribution in [0, 0.1) is 12.8 Å². The molecule has 256 valence electrons. The van der Waals surface area contributed by atoms with Crippen molar-refractivity contribution >= 4 is 34.9 Å². The molecule has 2 aliphatic rings. The van der Waals surface area contributed by atoms with Crippen LogP contribution in [0.15, 0.2) is 54.6 Å². The minimum atomic E-state index is 0.141. The number of rotatable bonds is 13. The van der Waals surface area contributed by atoms with E-state index < -0.39 is 0 Å². The van der Waals surface area contributed by atoms with Gasteiger partial charge < -0.3 is 20.1 Å². The molecule has 49 heavy (non-hydrogen) atoms. The fourth-order valence-electron chi connectivity index (χ4n) is 6.98. The quantitative estimate of drug-likeness (QED) is 0.145. The summed E-state index contributed by atoms with van der Waals surface area (Å²) in [5.74, 6) is 1.99. The number of methoxy groups -OCH3 is 2. The standard InChI is InChI=1S/C39H42Cl2N4O4/c1-23-19-34(45-39(49-3)28(23)8-4-7-26-15-18-35(47)43-26)32-12-6-10-30(37(32)41)29-9-5-11-31(36(29)40)33-17-14-25(38(44-33)48-2)22-42-21-24-13-16-27(46)20-24/h5-6,9-12,14,17,19,24,26,42H,4,7-8,13,15-16,18,20-22H2,1-3H3,(H,43,47)/t24-,26-/m1/s1. The number of carbonyl (C=O) groups excluding carboxylic acids is 2. The summed E-state index contributed by atoms with van der Waals surface area (Å²) >= 11 is 14.3. The van der Waals surface area contributed by atoms with Crippen LogP contribution in [0.2, 0.25) is 10.0 Å². The van der Waals surface area contributed by atoms with E-state index in [4.69, 9.17) is 42.6 Å². The molecule has 0 spiro atoms. The van der Waals surface area contributed by atoms with E-state index in [9.17, 15) is 9.59 Å². The third kappa shape index (κ3) is 7.93. The molecule has 1 aliphatic carbocycles. The molecule has 2 N–H and O–H groups in total. The Morgan fingerprint density at radius 1 is 0.857 bits per heavy atom. The summed E-state index contributed by atoms with van der Waals surface area (Å²) in [4.78, 5) is 32.9. The van der Waals surface area contributed by atoms with Crippen molar-refractivity contribution in [2.45, 2.75) is 70.9 Å². The van der Waals surface area contributed by atoms with Gasteiger partial charge in [-0.25, -0.2) is 9.97 Å². The van der Waals surface area contributed by atoms with Gasteiger partial charge in [0.05, 0.1) is 35.7 Å². The molecular formula is C39H42Cl2N4O4. The highest BCUT2D eigenvalue weighted by Gasteiger charge is 2.23. The number of aromatic nitrogens is 2. The first-order valence-electron chi connectivity index (χ1n) is 16.9. The summed E-state index contributed by atoms with van der Waals surface area (Å²) in [6.45, 7) is 3.45. The Bertz CT molecular complexity index is 1860. The summed E-state index contributed by atoms with van der Waals surface area (Å²) in [7, 11) is 3.25. The van der Waals surface area contributed by atoms with Crippen LogP contribution >= 0.6 is 23.2 Å². The molecule has 8 nitrogen and oxygen atoms in total. The van der Waals surface area contributed by atoms with Gasteiger partial charge in [-0.2, -0.15) is 0 Å². The molecule has 1 aliphatic heterocycles. The van der Waals surface area contributed by atoms with Crippen molar-refractivity contribution in [3.8, 4) is 45.4 Å². The fourth-order valence-corrected chi connectivity index (χ4v) is 7.63. The number of pyridine rings is 2. The van der Waals surface area contributed by atoms with Gasteiger partial charge in [0.2, 0.25) is 17.7 Å². The van der Waals surface area contributed by atoms with Gasteiger partial charge in [0.25, 0.3) is 0 Å². The SMILES string of the molecule is COc1nc(-c2cccc(-c3cccc(-c4cc(C)c(CCC[C@@H]5CCC(=O)N5)c(OC)n4)c3Cl)c2Cl)ccc1CNC[C@@H]1CCC(=O)C1. The van der Waals surface area contributed by atoms with Crippen LogP contribution in [0.3, 0.4) is 0 Å². The molecule has 2 fully saturated rings. The van der Waals surface area contributed by atoms with Gasteiger partial charge in [-0.15, -0.1) is 0 Å². The zero-order valence-corrected chi connectivity index (χ0v) is 29.7. The normalized spacial score (nSPS) is 17.4. The topological polar surface area (TPSA) is 102 Å². The van der Waals surface area contributed by atoms with E-state index in [1.807, 2.05) is 48.5 Å². The summed E-state index contributed by atoms with van der Waals surface area (Å²) in [5.41, 5.74) is 7.59. The van der Waals surface area contributed by atoms with E-state index in [-0.39, 0.29) is 11.9 Å². The van der Waals surface area contributed by atoms with E-state index in [1.54, 1.807) is 14.2 Å². The molecule has 6 rings (SSSR count). The number of ketones is 1. The van der Waals surface area contributed by atoms with Gasteiger partial charge in [-0.1, -0.05) is 65.7 Å². The second-order valence-corrected chi connectivity index (χ2v) is 13.7. The number of hydrogen-bond donors (Lipinski definition) is 2. The van der Waals surface area contributed by atoms with Crippen LogP contribution in [-0.4, -0.2) is 48.5 Å². The molecule has 3 heterocycles. The zero-order chi connectivity index (χ0) is 34.5. The molecule has 2 atom stereocenters. The number of amides is 1. The zero-order valence-electron chi connectivity index (χ0n) is 28.2. The van der Waals surface area contributed by atoms with Crippen LogP contribution in [0.25, 0.3) is 33.6 Å². The molecule has 10 heteroatoms. The molecule has 1 saturated carbocycles. The van der Waals surface area contributed by atoms with E-state index in [1.165, 1.54) is 0 Å². The van der Waals surface area contributed by atoms with Crippen LogP contribution in [0.1, 0.15) is 61.6 Å².